The van der Waals surface area contributed by atoms with Gasteiger partial charge in [-0.3, -0.25) is 0 Å². The summed E-state index contributed by atoms with van der Waals surface area (Å²) in [5, 5.41) is 0. The quantitative estimate of drug-likeness (QED) is 0.458. The van der Waals surface area contributed by atoms with Crippen LogP contribution in [0.5, 0.6) is 0 Å². The van der Waals surface area contributed by atoms with Gasteiger partial charge in [0.2, 0.25) is 0 Å². The smallest absolute Gasteiger partial charge is 0.0700 e. The minimum absolute atomic E-state index is 0.601. The lowest BCUT2D eigenvalue weighted by molar-refractivity contribution is 0.261. The van der Waals surface area contributed by atoms with E-state index in [4.69, 9.17) is 1.37 Å². The van der Waals surface area contributed by atoms with Gasteiger partial charge in [-0.2, -0.15) is 0 Å². The first kappa shape index (κ1) is 2.21. The lowest BCUT2D eigenvalue weighted by atomic mass is 10.9. The summed E-state index contributed by atoms with van der Waals surface area (Å²) < 4.78 is 10.6. The lowest BCUT2D eigenvalue weighted by Crippen LogP contribution is -1.69. The molecule has 0 aromatic rings. The SMILES string of the molecule is [2H][CH]OCC. The van der Waals surface area contributed by atoms with E-state index >= 15 is 0 Å². The molecule has 25 valence electrons. The molecule has 0 bridgehead atoms. The molecule has 0 atom stereocenters. The van der Waals surface area contributed by atoms with Crippen molar-refractivity contribution in [1.82, 2.24) is 0 Å². The molecule has 4 heavy (non-hydrogen) atoms. The van der Waals surface area contributed by atoms with Crippen LogP contribution >= 0.6 is 0 Å². The van der Waals surface area contributed by atoms with Crippen molar-refractivity contribution in [2.24, 2.45) is 0 Å². The van der Waals surface area contributed by atoms with Gasteiger partial charge in [0.25, 0.3) is 0 Å². The van der Waals surface area contributed by atoms with Gasteiger partial charge in [-0.1, -0.05) is 0 Å². The van der Waals surface area contributed by atoms with Gasteiger partial charge >= 0.3 is 0 Å². The highest BCUT2D eigenvalue weighted by atomic mass is 16.5. The molecule has 0 rings (SSSR count). The third-order valence-electron chi connectivity index (χ3n) is 0.167. The first-order valence-electron chi connectivity index (χ1n) is 1.81. The highest BCUT2D eigenvalue weighted by molar-refractivity contribution is 4.02. The molecule has 0 N–H and O–H groups in total. The van der Waals surface area contributed by atoms with Crippen molar-refractivity contribution in [3.05, 3.63) is 7.09 Å². The Bertz CT molecular complexity index is 14.4. The zero-order valence-corrected chi connectivity index (χ0v) is 2.69. The molecular formula is C3H7O. The molecule has 0 aliphatic carbocycles. The van der Waals surface area contributed by atoms with Crippen molar-refractivity contribution < 1.29 is 6.11 Å². The van der Waals surface area contributed by atoms with Crippen LogP contribution in [-0.2, 0) is 4.74 Å². The van der Waals surface area contributed by atoms with Gasteiger partial charge in [0.1, 0.15) is 0 Å². The van der Waals surface area contributed by atoms with E-state index in [9.17, 15) is 0 Å². The second kappa shape index (κ2) is 2.96. The topological polar surface area (TPSA) is 9.23 Å². The number of ether oxygens (including phenoxy) is 1. The van der Waals surface area contributed by atoms with E-state index in [0.717, 1.165) is 7.09 Å². The molecular weight excluding hydrogens is 52.0 g/mol. The van der Waals surface area contributed by atoms with Crippen LogP contribution in [0.4, 0.5) is 0 Å². The summed E-state index contributed by atoms with van der Waals surface area (Å²) in [7, 11) is 0.931. The van der Waals surface area contributed by atoms with E-state index in [1.165, 1.54) is 0 Å². The summed E-state index contributed by atoms with van der Waals surface area (Å²) in [4.78, 5) is 0. The van der Waals surface area contributed by atoms with E-state index in [1.54, 1.807) is 0 Å². The standard InChI is InChI=1S/C3H7O/c1-3-4-2/h2-3H2,1H3/i2D. The zero-order valence-electron chi connectivity index (χ0n) is 3.69. The maximum Gasteiger partial charge on any atom is 0.0700 e. The van der Waals surface area contributed by atoms with E-state index in [2.05, 4.69) is 4.74 Å². The lowest BCUT2D eigenvalue weighted by Gasteiger charge is -1.75. The van der Waals surface area contributed by atoms with Crippen molar-refractivity contribution in [2.75, 3.05) is 6.61 Å². The summed E-state index contributed by atoms with van der Waals surface area (Å²) in [5.41, 5.74) is 0. The number of hydrogen-bond acceptors (Lipinski definition) is 1. The molecule has 0 unspecified atom stereocenters. The van der Waals surface area contributed by atoms with Gasteiger partial charge in [-0.15, -0.1) is 0 Å². The fourth-order valence-electron chi connectivity index (χ4n) is 0. The average molecular weight is 60.1 g/mol. The van der Waals surface area contributed by atoms with Gasteiger partial charge in [0, 0.05) is 6.61 Å². The molecule has 0 aliphatic rings. The van der Waals surface area contributed by atoms with Crippen LogP contribution in [0.25, 0.3) is 0 Å². The third-order valence-corrected chi connectivity index (χ3v) is 0.167. The van der Waals surface area contributed by atoms with Crippen molar-refractivity contribution >= 4 is 0 Å². The van der Waals surface area contributed by atoms with Crippen molar-refractivity contribution in [3.63, 3.8) is 0 Å². The van der Waals surface area contributed by atoms with Gasteiger partial charge in [-0.05, 0) is 6.92 Å². The Balaban J connectivity index is 2.19. The normalized spacial score (nSPS) is 10.8. The maximum absolute atomic E-state index is 6.26. The molecule has 1 radical (unpaired) electrons. The van der Waals surface area contributed by atoms with Crippen LogP contribution in [-0.4, -0.2) is 6.61 Å². The Morgan fingerprint density at radius 1 is 2.50 bits per heavy atom. The van der Waals surface area contributed by atoms with Crippen LogP contribution in [0.3, 0.4) is 0 Å². The highest BCUT2D eigenvalue weighted by Crippen LogP contribution is 1.56. The molecule has 0 aromatic heterocycles. The van der Waals surface area contributed by atoms with Gasteiger partial charge in [0.05, 0.1) is 8.46 Å². The summed E-state index contributed by atoms with van der Waals surface area (Å²) in [6.45, 7) is 2.44. The molecule has 0 aromatic carbocycles. The van der Waals surface area contributed by atoms with Crippen molar-refractivity contribution in [2.45, 2.75) is 6.92 Å². The first-order chi connectivity index (χ1) is 2.41. The summed E-state index contributed by atoms with van der Waals surface area (Å²) in [5.74, 6) is 0. The molecule has 0 saturated carbocycles. The van der Waals surface area contributed by atoms with Crippen LogP contribution in [0, 0.1) is 7.09 Å². The van der Waals surface area contributed by atoms with Gasteiger partial charge in [-0.25, -0.2) is 0 Å². The van der Waals surface area contributed by atoms with E-state index in [0.29, 0.717) is 6.61 Å². The Morgan fingerprint density at radius 3 is 3.25 bits per heavy atom. The van der Waals surface area contributed by atoms with Crippen molar-refractivity contribution in [1.29, 1.82) is 0 Å². The summed E-state index contributed by atoms with van der Waals surface area (Å²) in [6.07, 6.45) is 0. The largest absolute Gasteiger partial charge is 0.379 e. The number of hydrogen-bond donors (Lipinski definition) is 0. The first-order valence-corrected chi connectivity index (χ1v) is 1.23. The second-order valence-corrected chi connectivity index (χ2v) is 0.455. The predicted octanol–water partition coefficient (Wildman–Crippen LogP) is 0.814. The Labute approximate surface area is 28.0 Å². The van der Waals surface area contributed by atoms with E-state index < -0.39 is 0 Å². The van der Waals surface area contributed by atoms with Crippen LogP contribution < -0.4 is 0 Å². The minimum atomic E-state index is 0.601. The molecule has 1 nitrogen and oxygen atoms in total. The Hall–Kier alpha value is -0.0400. The minimum Gasteiger partial charge on any atom is -0.379 e. The summed E-state index contributed by atoms with van der Waals surface area (Å²) >= 11 is 0. The predicted molar refractivity (Wildman–Crippen MR) is 17.0 cm³/mol. The second-order valence-electron chi connectivity index (χ2n) is 0.455. The molecule has 0 amide bonds. The molecule has 1 heteroatoms. The fraction of sp³-hybridized carbons (Fsp3) is 0.667. The van der Waals surface area contributed by atoms with Gasteiger partial charge in [0.15, 0.2) is 0 Å². The molecule has 0 saturated heterocycles. The monoisotopic (exact) mass is 60.1 g/mol. The van der Waals surface area contributed by atoms with E-state index in [-0.39, 0.29) is 0 Å². The highest BCUT2D eigenvalue weighted by Gasteiger charge is 1.52. The van der Waals surface area contributed by atoms with Crippen molar-refractivity contribution in [3.8, 4) is 0 Å². The Kier molecular flexibility index (Phi) is 1.64. The third kappa shape index (κ3) is 1.96. The number of rotatable bonds is 2. The van der Waals surface area contributed by atoms with Crippen LogP contribution in [0.1, 0.15) is 8.29 Å². The average Bonchev–Trinajstić information content (AvgIpc) is 1.41. The Morgan fingerprint density at radius 2 is 3.25 bits per heavy atom. The molecule has 0 aliphatic heterocycles. The van der Waals surface area contributed by atoms with E-state index in [1.807, 2.05) is 6.92 Å². The maximum atomic E-state index is 6.26. The molecule has 0 heterocycles. The molecule has 0 spiro atoms. The van der Waals surface area contributed by atoms with Gasteiger partial charge < -0.3 is 4.74 Å². The van der Waals surface area contributed by atoms with Crippen LogP contribution in [0.2, 0.25) is 0 Å². The molecule has 0 fully saturated rings. The van der Waals surface area contributed by atoms with Crippen LogP contribution in [0.15, 0.2) is 0 Å². The zero-order chi connectivity index (χ0) is 4.12. The fourth-order valence-corrected chi connectivity index (χ4v) is 0. The summed E-state index contributed by atoms with van der Waals surface area (Å²) in [6, 6.07) is 0.